The molecule has 0 amide bonds. The molecule has 0 saturated heterocycles. The first-order chi connectivity index (χ1) is 33.1. The van der Waals surface area contributed by atoms with E-state index in [0.29, 0.717) is 48.6 Å². The number of phenols is 2. The lowest BCUT2D eigenvalue weighted by Crippen LogP contribution is -2.34. The van der Waals surface area contributed by atoms with E-state index in [1.54, 1.807) is 19.2 Å². The highest BCUT2D eigenvalue weighted by Gasteiger charge is 2.52. The number of nitrogens with one attached hydrogen (secondary N) is 2. The van der Waals surface area contributed by atoms with Crippen molar-refractivity contribution < 1.29 is 34.0 Å². The molecule has 5 aromatic rings. The number of anilines is 2. The van der Waals surface area contributed by atoms with Crippen molar-refractivity contribution in [2.45, 2.75) is 120 Å². The summed E-state index contributed by atoms with van der Waals surface area (Å²) in [7, 11) is 1.65. The lowest BCUT2D eigenvalue weighted by atomic mass is 9.64. The summed E-state index contributed by atoms with van der Waals surface area (Å²) < 4.78 is 25.8. The molecule has 354 valence electrons. The number of para-hydroxylation sites is 1. The number of phenolic OH excluding ortho intramolecular Hbond substituents is 2. The number of ether oxygens (including phenoxy) is 4. The van der Waals surface area contributed by atoms with Gasteiger partial charge in [-0.1, -0.05) is 61.6 Å². The molecule has 2 saturated carbocycles. The van der Waals surface area contributed by atoms with Gasteiger partial charge >= 0.3 is 5.97 Å². The quantitative estimate of drug-likeness (QED) is 0.0435. The molecule has 6 N–H and O–H groups in total. The molecule has 5 unspecified atom stereocenters. The average Bonchev–Trinajstić information content (AvgIpc) is 3.92. The number of nitrogens with two attached hydrogens (primary N) is 1. The van der Waals surface area contributed by atoms with Crippen LogP contribution in [0.25, 0.3) is 11.1 Å². The molecule has 1 spiro atoms. The number of rotatable bonds is 13. The second-order valence-electron chi connectivity index (χ2n) is 19.6. The Bertz CT molecular complexity index is 2770. The van der Waals surface area contributed by atoms with Gasteiger partial charge in [-0.25, -0.2) is 4.98 Å². The summed E-state index contributed by atoms with van der Waals surface area (Å²) in [6.07, 6.45) is 10.8. The summed E-state index contributed by atoms with van der Waals surface area (Å²) in [5, 5.41) is 30.0. The molecule has 10 rings (SSSR count). The monoisotopic (exact) mass is 916 g/mol. The van der Waals surface area contributed by atoms with Crippen LogP contribution in [0.4, 0.5) is 11.5 Å². The second kappa shape index (κ2) is 19.3. The van der Waals surface area contributed by atoms with E-state index in [4.69, 9.17) is 29.7 Å². The van der Waals surface area contributed by atoms with Crippen LogP contribution in [0.3, 0.4) is 0 Å². The Morgan fingerprint density at radius 1 is 0.956 bits per heavy atom. The topological polar surface area (TPSA) is 157 Å². The van der Waals surface area contributed by atoms with Gasteiger partial charge in [0.2, 0.25) is 0 Å². The predicted molar refractivity (Wildman–Crippen MR) is 265 cm³/mol. The summed E-state index contributed by atoms with van der Waals surface area (Å²) in [6, 6.07) is 24.7. The van der Waals surface area contributed by atoms with E-state index in [9.17, 15) is 15.0 Å². The molecule has 68 heavy (non-hydrogen) atoms. The highest BCUT2D eigenvalue weighted by atomic mass is 16.5. The summed E-state index contributed by atoms with van der Waals surface area (Å²) in [4.78, 5) is 17.6. The molecule has 11 nitrogen and oxygen atoms in total. The number of nitrogens with zero attached hydrogens (tertiary/aromatic N) is 1. The number of pyridine rings is 1. The van der Waals surface area contributed by atoms with Gasteiger partial charge in [0.05, 0.1) is 13.0 Å². The third-order valence-electron chi connectivity index (χ3n) is 15.5. The third kappa shape index (κ3) is 8.80. The number of benzene rings is 4. The van der Waals surface area contributed by atoms with Crippen molar-refractivity contribution in [2.24, 2.45) is 5.92 Å². The molecule has 3 aliphatic carbocycles. The van der Waals surface area contributed by atoms with Crippen LogP contribution in [0.2, 0.25) is 0 Å². The smallest absolute Gasteiger partial charge is 0.302 e. The second-order valence-corrected chi connectivity index (χ2v) is 19.6. The van der Waals surface area contributed by atoms with Crippen LogP contribution >= 0.6 is 0 Å². The molecule has 4 bridgehead atoms. The molecule has 2 aliphatic heterocycles. The molecule has 1 aromatic heterocycles. The van der Waals surface area contributed by atoms with Gasteiger partial charge in [-0.15, -0.1) is 0 Å². The van der Waals surface area contributed by atoms with Gasteiger partial charge in [-0.2, -0.15) is 0 Å². The molecule has 0 radical (unpaired) electrons. The summed E-state index contributed by atoms with van der Waals surface area (Å²) in [5.41, 5.74) is 17.0. The number of esters is 1. The van der Waals surface area contributed by atoms with E-state index in [1.807, 2.05) is 18.2 Å². The number of fused-ring (bicyclic) bond motifs is 7. The molecule has 2 fully saturated rings. The van der Waals surface area contributed by atoms with E-state index in [2.05, 4.69) is 71.9 Å². The summed E-state index contributed by atoms with van der Waals surface area (Å²) in [6.45, 7) is 5.52. The van der Waals surface area contributed by atoms with Crippen LogP contribution in [0.5, 0.6) is 28.7 Å². The normalized spacial score (nSPS) is 22.2. The third-order valence-corrected chi connectivity index (χ3v) is 15.5. The van der Waals surface area contributed by atoms with Crippen molar-refractivity contribution >= 4 is 17.5 Å². The molecular formula is C57H64N4O7. The van der Waals surface area contributed by atoms with Crippen LogP contribution in [0.1, 0.15) is 134 Å². The largest absolute Gasteiger partial charge is 0.508 e. The Morgan fingerprint density at radius 2 is 1.79 bits per heavy atom. The van der Waals surface area contributed by atoms with Crippen LogP contribution in [-0.2, 0) is 34.2 Å². The number of aromatic hydroxyl groups is 2. The van der Waals surface area contributed by atoms with Gasteiger partial charge in [0.25, 0.3) is 0 Å². The van der Waals surface area contributed by atoms with Crippen molar-refractivity contribution in [1.82, 2.24) is 10.3 Å². The molecule has 5 aliphatic rings. The molecular weight excluding hydrogens is 853 g/mol. The van der Waals surface area contributed by atoms with Crippen LogP contribution in [-0.4, -0.2) is 60.6 Å². The van der Waals surface area contributed by atoms with E-state index in [1.165, 1.54) is 44.6 Å². The van der Waals surface area contributed by atoms with Crippen molar-refractivity contribution in [2.75, 3.05) is 44.5 Å². The lowest BCUT2D eigenvalue weighted by molar-refractivity contribution is -0.141. The first-order valence-corrected chi connectivity index (χ1v) is 24.8. The Balaban J connectivity index is 1.14. The van der Waals surface area contributed by atoms with Crippen molar-refractivity contribution in [1.29, 1.82) is 0 Å². The number of aryl methyl sites for hydroxylation is 1. The molecule has 3 heterocycles. The minimum Gasteiger partial charge on any atom is -0.508 e. The van der Waals surface area contributed by atoms with Crippen molar-refractivity contribution in [3.63, 3.8) is 0 Å². The van der Waals surface area contributed by atoms with E-state index in [-0.39, 0.29) is 53.7 Å². The highest BCUT2D eigenvalue weighted by Crippen LogP contribution is 2.63. The van der Waals surface area contributed by atoms with Gasteiger partial charge in [-0.3, -0.25) is 4.79 Å². The maximum Gasteiger partial charge on any atom is 0.302 e. The maximum absolute atomic E-state index is 12.6. The zero-order chi connectivity index (χ0) is 46.9. The standard InChI is InChI=1S/C57H64N4O7/c1-4-59-47-15-9-8-11-35(47)17-18-41-37-23-24-57(31-37)32-38-27-40(63)29-51(65-3)53(38)44-20-19-43-46(33-67-34(2)62)55(68-56(43)54(44)57)45-30-50(66-26-25-60-39-13-6-5-7-14-39)49(64)28-36(45)12-10-16-48-42(41)21-22-52(58)61-48/h8-9,11,15,19-22,27-30,37,39,41,46,55,59-60,63-64H,4-7,12-14,17-18,23-26,31-33H2,1-3H3,(H2,58,61). The first-order valence-electron chi connectivity index (χ1n) is 24.8. The van der Waals surface area contributed by atoms with Gasteiger partial charge in [0.1, 0.15) is 48.1 Å². The Hall–Kier alpha value is -6.38. The fraction of sp³-hybridized carbons (Fsp3) is 0.439. The van der Waals surface area contributed by atoms with Crippen LogP contribution in [0, 0.1) is 17.8 Å². The zero-order valence-electron chi connectivity index (χ0n) is 39.6. The molecule has 11 heteroatoms. The number of carbonyl (C=O) groups excluding carboxylic acids is 1. The van der Waals surface area contributed by atoms with Crippen molar-refractivity contribution in [3.8, 4) is 51.7 Å². The van der Waals surface area contributed by atoms with Gasteiger partial charge in [-0.05, 0) is 134 Å². The van der Waals surface area contributed by atoms with Gasteiger partial charge in [0, 0.05) is 71.9 Å². The number of methoxy groups -OCH3 is 1. The van der Waals surface area contributed by atoms with E-state index < -0.39 is 6.10 Å². The number of hydrogen-bond donors (Lipinski definition) is 5. The fourth-order valence-electron chi connectivity index (χ4n) is 12.5. The predicted octanol–water partition coefficient (Wildman–Crippen LogP) is 10.2. The summed E-state index contributed by atoms with van der Waals surface area (Å²) in [5.74, 6) is 8.90. The fourth-order valence-corrected chi connectivity index (χ4v) is 12.5. The van der Waals surface area contributed by atoms with Gasteiger partial charge < -0.3 is 45.5 Å². The maximum atomic E-state index is 12.6. The van der Waals surface area contributed by atoms with Crippen LogP contribution < -0.4 is 30.6 Å². The Kier molecular flexibility index (Phi) is 12.9. The SMILES string of the molecule is CCNc1ccccc1CCC1c2ccc(N)nc2C#CCc2cc(O)c(OCCNC3CCCCC3)cc2C2Oc3c(ccc4c3C3(CCC1C3)Cc1cc(O)cc(OC)c1-4)C2COC(C)=O. The first kappa shape index (κ1) is 45.4. The lowest BCUT2D eigenvalue weighted by Gasteiger charge is -2.39. The zero-order valence-corrected chi connectivity index (χ0v) is 39.6. The molecule has 4 aromatic carbocycles. The Labute approximate surface area is 400 Å². The minimum absolute atomic E-state index is 0.0226. The minimum atomic E-state index is -0.607. The Morgan fingerprint density at radius 3 is 2.62 bits per heavy atom. The van der Waals surface area contributed by atoms with Crippen molar-refractivity contribution in [3.05, 3.63) is 117 Å². The average molecular weight is 917 g/mol. The van der Waals surface area contributed by atoms with E-state index in [0.717, 1.165) is 94.6 Å². The number of nitrogen functional groups attached to an aromatic ring is 1. The molecule has 5 atom stereocenters. The number of aromatic nitrogens is 1. The van der Waals surface area contributed by atoms with Crippen LogP contribution in [0.15, 0.2) is 72.8 Å². The summed E-state index contributed by atoms with van der Waals surface area (Å²) >= 11 is 0. The number of hydrogen-bond acceptors (Lipinski definition) is 11. The number of carbonyl (C=O) groups is 1. The highest BCUT2D eigenvalue weighted by molar-refractivity contribution is 5.84. The van der Waals surface area contributed by atoms with Gasteiger partial charge in [0.15, 0.2) is 11.5 Å². The van der Waals surface area contributed by atoms with E-state index >= 15 is 0 Å².